The molecule has 0 heterocycles. The number of carbonyl (C=O) groups excluding carboxylic acids is 1. The van der Waals surface area contributed by atoms with Gasteiger partial charge in [-0.05, 0) is 83.5 Å². The molecule has 4 nitrogen and oxygen atoms in total. The molecule has 3 rings (SSSR count). The van der Waals surface area contributed by atoms with Crippen LogP contribution in [0.1, 0.15) is 21.5 Å². The lowest BCUT2D eigenvalue weighted by Crippen LogP contribution is -2.27. The minimum atomic E-state index is -1.31. The van der Waals surface area contributed by atoms with Crippen LogP contribution in [0.5, 0.6) is 5.75 Å². The van der Waals surface area contributed by atoms with Gasteiger partial charge in [0, 0.05) is 14.8 Å². The van der Waals surface area contributed by atoms with Gasteiger partial charge >= 0.3 is 0 Å². The van der Waals surface area contributed by atoms with Crippen molar-refractivity contribution < 1.29 is 18.3 Å². The molecular weight excluding hydrogens is 501 g/mol. The van der Waals surface area contributed by atoms with Gasteiger partial charge in [0.05, 0.1) is 5.56 Å². The van der Waals surface area contributed by atoms with Gasteiger partial charge in [0.1, 0.15) is 0 Å². The monoisotopic (exact) mass is 518 g/mol. The quantitative estimate of drug-likeness (QED) is 0.289. The highest BCUT2D eigenvalue weighted by atomic mass is 127. The van der Waals surface area contributed by atoms with Crippen molar-refractivity contribution in [1.82, 2.24) is 0 Å². The smallest absolute Gasteiger partial charge is 0.252 e. The Morgan fingerprint density at radius 2 is 1.87 bits per heavy atom. The van der Waals surface area contributed by atoms with Gasteiger partial charge in [-0.3, -0.25) is 4.79 Å². The Morgan fingerprint density at radius 3 is 2.53 bits per heavy atom. The number of nitrogens with one attached hydrogen (secondary N) is 1. The van der Waals surface area contributed by atoms with Gasteiger partial charge in [-0.2, -0.15) is 4.39 Å². The molecule has 3 aromatic rings. The second kappa shape index (κ2) is 9.59. The summed E-state index contributed by atoms with van der Waals surface area (Å²) in [4.78, 5) is 11.7. The van der Waals surface area contributed by atoms with E-state index in [1.165, 1.54) is 0 Å². The van der Waals surface area contributed by atoms with Crippen molar-refractivity contribution in [2.75, 3.05) is 5.32 Å². The normalized spacial score (nSPS) is 11.2. The van der Waals surface area contributed by atoms with Gasteiger partial charge in [0.15, 0.2) is 11.6 Å². The van der Waals surface area contributed by atoms with Crippen LogP contribution in [0.15, 0.2) is 60.7 Å². The topological polar surface area (TPSA) is 64.3 Å². The van der Waals surface area contributed by atoms with E-state index in [9.17, 15) is 13.6 Å². The summed E-state index contributed by atoms with van der Waals surface area (Å²) in [5.74, 6) is 1.79. The maximum atomic E-state index is 14.4. The molecule has 0 bridgehead atoms. The Labute approximate surface area is 186 Å². The van der Waals surface area contributed by atoms with Crippen LogP contribution in [0.2, 0.25) is 0 Å². The number of nitrogens with two attached hydrogens (primary N) is 1. The number of hydrogen-bond acceptors (Lipinski definition) is 3. The third-order valence-electron chi connectivity index (χ3n) is 4.15. The van der Waals surface area contributed by atoms with Crippen LogP contribution in [0, 0.1) is 34.0 Å². The molecule has 1 unspecified atom stereocenters. The van der Waals surface area contributed by atoms with Crippen molar-refractivity contribution in [3.63, 3.8) is 0 Å². The number of halogens is 3. The number of hydrogen-bond donors (Lipinski definition) is 2. The van der Waals surface area contributed by atoms with Crippen molar-refractivity contribution >= 4 is 34.2 Å². The van der Waals surface area contributed by atoms with E-state index in [1.54, 1.807) is 12.1 Å². The van der Waals surface area contributed by atoms with Gasteiger partial charge in [0.25, 0.3) is 5.91 Å². The molecule has 1 amide bonds. The molecule has 1 atom stereocenters. The molecule has 0 saturated carbocycles. The number of rotatable bonds is 5. The number of anilines is 1. The minimum absolute atomic E-state index is 0.276. The fraction of sp³-hybridized carbons (Fsp3) is 0.0870. The maximum absolute atomic E-state index is 14.4. The summed E-state index contributed by atoms with van der Waals surface area (Å²) in [6, 6.07) is 16.7. The third-order valence-corrected chi connectivity index (χ3v) is 4.82. The predicted octanol–water partition coefficient (Wildman–Crippen LogP) is 4.85. The molecule has 0 aliphatic carbocycles. The van der Waals surface area contributed by atoms with Crippen LogP contribution in [-0.2, 0) is 0 Å². The Kier molecular flexibility index (Phi) is 6.90. The first kappa shape index (κ1) is 21.6. The molecule has 0 aliphatic rings. The number of ether oxygens (including phenoxy) is 1. The predicted molar refractivity (Wildman–Crippen MR) is 120 cm³/mol. The maximum Gasteiger partial charge on any atom is 0.252 e. The number of benzene rings is 3. The largest absolute Gasteiger partial charge is 0.455 e. The molecule has 0 fully saturated rings. The average molecular weight is 518 g/mol. The Balaban J connectivity index is 2.01. The zero-order valence-corrected chi connectivity index (χ0v) is 18.0. The highest BCUT2D eigenvalue weighted by Crippen LogP contribution is 2.27. The number of primary amides is 1. The van der Waals surface area contributed by atoms with Gasteiger partial charge < -0.3 is 15.8 Å². The SMILES string of the molecule is Cc1cc(I)ccc1NC(C#Cc1ccccc1)Oc1c(C(N)=O)ccc(F)c1F. The fourth-order valence-electron chi connectivity index (χ4n) is 2.65. The van der Waals surface area contributed by atoms with E-state index < -0.39 is 29.5 Å². The molecule has 0 aliphatic heterocycles. The third kappa shape index (κ3) is 5.27. The molecule has 152 valence electrons. The van der Waals surface area contributed by atoms with E-state index in [0.29, 0.717) is 11.3 Å². The van der Waals surface area contributed by atoms with E-state index in [2.05, 4.69) is 39.7 Å². The van der Waals surface area contributed by atoms with Crippen LogP contribution >= 0.6 is 22.6 Å². The number of aryl methyl sites for hydroxylation is 1. The van der Waals surface area contributed by atoms with Crippen LogP contribution in [-0.4, -0.2) is 12.1 Å². The van der Waals surface area contributed by atoms with Crippen molar-refractivity contribution in [2.24, 2.45) is 5.73 Å². The van der Waals surface area contributed by atoms with E-state index >= 15 is 0 Å². The molecule has 3 N–H and O–H groups in total. The van der Waals surface area contributed by atoms with E-state index in [0.717, 1.165) is 21.3 Å². The van der Waals surface area contributed by atoms with Crippen LogP contribution in [0.3, 0.4) is 0 Å². The lowest BCUT2D eigenvalue weighted by atomic mass is 10.1. The first-order chi connectivity index (χ1) is 14.3. The van der Waals surface area contributed by atoms with Gasteiger partial charge in [-0.1, -0.05) is 24.1 Å². The van der Waals surface area contributed by atoms with E-state index in [-0.39, 0.29) is 5.56 Å². The second-order valence-corrected chi connectivity index (χ2v) is 7.58. The van der Waals surface area contributed by atoms with Crippen LogP contribution in [0.25, 0.3) is 0 Å². The molecule has 0 radical (unpaired) electrons. The summed E-state index contributed by atoms with van der Waals surface area (Å²) >= 11 is 2.19. The average Bonchev–Trinajstić information content (AvgIpc) is 2.72. The van der Waals surface area contributed by atoms with Crippen molar-refractivity contribution in [1.29, 1.82) is 0 Å². The molecule has 3 aromatic carbocycles. The zero-order valence-electron chi connectivity index (χ0n) is 15.9. The van der Waals surface area contributed by atoms with E-state index in [4.69, 9.17) is 10.5 Å². The molecule has 7 heteroatoms. The van der Waals surface area contributed by atoms with Crippen LogP contribution < -0.4 is 15.8 Å². The Hall–Kier alpha value is -3.12. The summed E-state index contributed by atoms with van der Waals surface area (Å²) in [5, 5.41) is 3.07. The van der Waals surface area contributed by atoms with Crippen LogP contribution in [0.4, 0.5) is 14.5 Å². The Bertz CT molecular complexity index is 1140. The number of carbonyl (C=O) groups is 1. The summed E-state index contributed by atoms with van der Waals surface area (Å²) in [6.45, 7) is 1.89. The molecule has 0 spiro atoms. The second-order valence-electron chi connectivity index (χ2n) is 6.34. The summed E-state index contributed by atoms with van der Waals surface area (Å²) in [5.41, 5.74) is 7.34. The minimum Gasteiger partial charge on any atom is -0.455 e. The summed E-state index contributed by atoms with van der Waals surface area (Å²) in [6.07, 6.45) is -1.08. The van der Waals surface area contributed by atoms with Crippen molar-refractivity contribution in [3.05, 3.63) is 92.6 Å². The highest BCUT2D eigenvalue weighted by molar-refractivity contribution is 14.1. The summed E-state index contributed by atoms with van der Waals surface area (Å²) in [7, 11) is 0. The lowest BCUT2D eigenvalue weighted by molar-refractivity contribution is 0.0994. The summed E-state index contributed by atoms with van der Waals surface area (Å²) < 4.78 is 34.9. The standard InChI is InChI=1S/C23H17F2IN2O2/c1-14-13-16(26)8-11-19(14)28-20(12-7-15-5-3-2-4-6-15)30-22-17(23(27)29)9-10-18(24)21(22)25/h2-6,8-11,13,20,28H,1H3,(H2,27,29). The molecule has 0 aromatic heterocycles. The van der Waals surface area contributed by atoms with Crippen molar-refractivity contribution in [2.45, 2.75) is 13.2 Å². The number of amides is 1. The zero-order chi connectivity index (χ0) is 21.7. The molecule has 0 saturated heterocycles. The highest BCUT2D eigenvalue weighted by Gasteiger charge is 2.22. The molecule has 30 heavy (non-hydrogen) atoms. The first-order valence-electron chi connectivity index (χ1n) is 8.89. The van der Waals surface area contributed by atoms with Gasteiger partial charge in [0.2, 0.25) is 12.0 Å². The Morgan fingerprint density at radius 1 is 1.13 bits per heavy atom. The van der Waals surface area contributed by atoms with Gasteiger partial charge in [-0.15, -0.1) is 0 Å². The van der Waals surface area contributed by atoms with E-state index in [1.807, 2.05) is 43.3 Å². The first-order valence-corrected chi connectivity index (χ1v) is 9.97. The molecular formula is C23H17F2IN2O2. The van der Waals surface area contributed by atoms with Gasteiger partial charge in [-0.25, -0.2) is 4.39 Å². The lowest BCUT2D eigenvalue weighted by Gasteiger charge is -2.20. The fourth-order valence-corrected chi connectivity index (χ4v) is 3.30. The van der Waals surface area contributed by atoms with Crippen molar-refractivity contribution in [3.8, 4) is 17.6 Å².